The van der Waals surface area contributed by atoms with E-state index in [4.69, 9.17) is 17.3 Å². The average molecular weight is 345 g/mol. The molecule has 0 atom stereocenters. The normalized spacial score (nSPS) is 10.8. The molecular weight excluding hydrogens is 329 g/mol. The zero-order valence-corrected chi connectivity index (χ0v) is 13.8. The van der Waals surface area contributed by atoms with Crippen molar-refractivity contribution < 1.29 is 13.8 Å². The molecule has 3 aromatic rings. The van der Waals surface area contributed by atoms with E-state index < -0.39 is 0 Å². The van der Waals surface area contributed by atoms with Gasteiger partial charge in [0.2, 0.25) is 0 Å². The van der Waals surface area contributed by atoms with Crippen LogP contribution in [0.25, 0.3) is 11.3 Å². The first-order valence-electron chi connectivity index (χ1n) is 7.35. The van der Waals surface area contributed by atoms with Crippen molar-refractivity contribution in [2.45, 2.75) is 6.54 Å². The van der Waals surface area contributed by atoms with Gasteiger partial charge in [-0.05, 0) is 36.4 Å². The van der Waals surface area contributed by atoms with Gasteiger partial charge in [0.25, 0.3) is 0 Å². The number of benzene rings is 2. The molecule has 0 aliphatic heterocycles. The third-order valence-electron chi connectivity index (χ3n) is 3.88. The third kappa shape index (κ3) is 3.16. The Hall–Kier alpha value is -2.66. The van der Waals surface area contributed by atoms with Gasteiger partial charge in [-0.3, -0.25) is 10.5 Å². The van der Waals surface area contributed by atoms with E-state index in [0.29, 0.717) is 16.5 Å². The van der Waals surface area contributed by atoms with Gasteiger partial charge in [-0.25, -0.2) is 13.5 Å². The molecule has 3 rings (SSSR count). The smallest absolute Gasteiger partial charge is 0.291 e. The molecule has 0 bridgehead atoms. The van der Waals surface area contributed by atoms with Crippen molar-refractivity contribution in [1.29, 1.82) is 0 Å². The highest BCUT2D eigenvalue weighted by molar-refractivity contribution is 6.30. The van der Waals surface area contributed by atoms with Crippen LogP contribution in [0.15, 0.2) is 54.7 Å². The molecule has 0 saturated carbocycles. The van der Waals surface area contributed by atoms with Gasteiger partial charge >= 0.3 is 5.95 Å². The Balaban J connectivity index is 1.91. The van der Waals surface area contributed by atoms with Gasteiger partial charge in [0.15, 0.2) is 5.78 Å². The fourth-order valence-electron chi connectivity index (χ4n) is 2.54. The maximum absolute atomic E-state index is 13.1. The minimum absolute atomic E-state index is 0.0922. The van der Waals surface area contributed by atoms with E-state index in [0.717, 1.165) is 11.3 Å². The van der Waals surface area contributed by atoms with Gasteiger partial charge in [-0.1, -0.05) is 23.7 Å². The molecule has 24 heavy (non-hydrogen) atoms. The summed E-state index contributed by atoms with van der Waals surface area (Å²) in [6.45, 7) is 0.0984. The Morgan fingerprint density at radius 1 is 1.25 bits per heavy atom. The minimum atomic E-state index is -0.301. The number of nitrogens with zero attached hydrogens (tertiary/aromatic N) is 2. The third-order valence-corrected chi connectivity index (χ3v) is 4.11. The first-order chi connectivity index (χ1) is 11.5. The Morgan fingerprint density at radius 2 is 1.96 bits per heavy atom. The van der Waals surface area contributed by atoms with E-state index in [-0.39, 0.29) is 18.1 Å². The van der Waals surface area contributed by atoms with E-state index >= 15 is 0 Å². The molecule has 0 aliphatic rings. The van der Waals surface area contributed by atoms with E-state index in [2.05, 4.69) is 0 Å². The van der Waals surface area contributed by atoms with Crippen LogP contribution in [0.4, 0.5) is 10.3 Å². The summed E-state index contributed by atoms with van der Waals surface area (Å²) in [5.41, 5.74) is 8.25. The number of carbonyl (C=O) groups excluding carboxylic acids is 1. The molecule has 0 radical (unpaired) electrons. The van der Waals surface area contributed by atoms with Crippen LogP contribution >= 0.6 is 11.6 Å². The Labute approximate surface area is 143 Å². The van der Waals surface area contributed by atoms with E-state index in [1.165, 1.54) is 12.1 Å². The first kappa shape index (κ1) is 16.2. The lowest BCUT2D eigenvalue weighted by Crippen LogP contribution is -2.39. The molecule has 0 spiro atoms. The number of rotatable bonds is 4. The topological polar surface area (TPSA) is 51.9 Å². The predicted molar refractivity (Wildman–Crippen MR) is 91.2 cm³/mol. The van der Waals surface area contributed by atoms with Crippen molar-refractivity contribution in [1.82, 2.24) is 4.57 Å². The average Bonchev–Trinajstić information content (AvgIpc) is 2.84. The Morgan fingerprint density at radius 3 is 2.62 bits per heavy atom. The van der Waals surface area contributed by atoms with Crippen LogP contribution < -0.4 is 10.3 Å². The standard InChI is InChI=1S/C18H15ClFN3O/c1-22-16(12-5-7-15(20)8-6-12)10-23(18(22)21)11-17(24)13-3-2-4-14(19)9-13/h2-10,21H,11H2,1H3/p+1. The highest BCUT2D eigenvalue weighted by atomic mass is 35.5. The molecule has 0 fully saturated rings. The lowest BCUT2D eigenvalue weighted by Gasteiger charge is -2.01. The SMILES string of the molecule is Cn1c(-c2ccc(F)cc2)c[n+](CC(=O)c2cccc(Cl)c2)c1N. The van der Waals surface area contributed by atoms with Crippen LogP contribution in [0.5, 0.6) is 0 Å². The predicted octanol–water partition coefficient (Wildman–Crippen LogP) is 3.24. The minimum Gasteiger partial charge on any atom is -0.291 e. The summed E-state index contributed by atoms with van der Waals surface area (Å²) >= 11 is 5.93. The van der Waals surface area contributed by atoms with Crippen molar-refractivity contribution in [3.63, 3.8) is 0 Å². The number of carbonyl (C=O) groups is 1. The highest BCUT2D eigenvalue weighted by Gasteiger charge is 2.20. The second-order valence-corrected chi connectivity index (χ2v) is 5.94. The molecule has 122 valence electrons. The largest absolute Gasteiger partial charge is 0.355 e. The number of nitrogens with two attached hydrogens (primary N) is 1. The summed E-state index contributed by atoms with van der Waals surface area (Å²) in [5, 5.41) is 0.513. The van der Waals surface area contributed by atoms with Gasteiger partial charge in [0.1, 0.15) is 24.3 Å². The monoisotopic (exact) mass is 344 g/mol. The Bertz CT molecular complexity index is 903. The number of imidazole rings is 1. The number of aromatic nitrogens is 2. The van der Waals surface area contributed by atoms with Gasteiger partial charge < -0.3 is 0 Å². The highest BCUT2D eigenvalue weighted by Crippen LogP contribution is 2.20. The second kappa shape index (κ2) is 6.45. The van der Waals surface area contributed by atoms with Crippen LogP contribution in [0.3, 0.4) is 0 Å². The second-order valence-electron chi connectivity index (χ2n) is 5.50. The van der Waals surface area contributed by atoms with Crippen LogP contribution in [-0.2, 0) is 13.6 Å². The molecule has 6 heteroatoms. The summed E-state index contributed by atoms with van der Waals surface area (Å²) < 4.78 is 16.5. The number of hydrogen-bond acceptors (Lipinski definition) is 2. The fourth-order valence-corrected chi connectivity index (χ4v) is 2.73. The fraction of sp³-hybridized carbons (Fsp3) is 0.111. The number of hydrogen-bond donors (Lipinski definition) is 1. The van der Waals surface area contributed by atoms with Crippen molar-refractivity contribution in [3.05, 3.63) is 71.1 Å². The van der Waals surface area contributed by atoms with Crippen LogP contribution in [0.2, 0.25) is 5.02 Å². The number of anilines is 1. The van der Waals surface area contributed by atoms with Crippen LogP contribution in [-0.4, -0.2) is 10.4 Å². The molecule has 4 nitrogen and oxygen atoms in total. The number of halogens is 2. The zero-order chi connectivity index (χ0) is 17.3. The summed E-state index contributed by atoms with van der Waals surface area (Å²) in [7, 11) is 1.80. The van der Waals surface area contributed by atoms with Gasteiger partial charge in [0.05, 0.1) is 7.05 Å². The van der Waals surface area contributed by atoms with E-state index in [1.54, 1.807) is 58.8 Å². The van der Waals surface area contributed by atoms with Crippen molar-refractivity contribution in [2.75, 3.05) is 5.73 Å². The summed E-state index contributed by atoms with van der Waals surface area (Å²) in [5.74, 6) is 0.0418. The van der Waals surface area contributed by atoms with Crippen molar-refractivity contribution in [2.24, 2.45) is 7.05 Å². The molecule has 0 unspecified atom stereocenters. The summed E-state index contributed by atoms with van der Waals surface area (Å²) in [4.78, 5) is 12.4. The molecule has 0 saturated heterocycles. The maximum Gasteiger partial charge on any atom is 0.355 e. The van der Waals surface area contributed by atoms with E-state index in [1.807, 2.05) is 0 Å². The lowest BCUT2D eigenvalue weighted by molar-refractivity contribution is -0.667. The number of ketones is 1. The molecule has 0 amide bonds. The molecule has 2 aromatic carbocycles. The van der Waals surface area contributed by atoms with Crippen LogP contribution in [0, 0.1) is 5.82 Å². The zero-order valence-electron chi connectivity index (χ0n) is 13.0. The quantitative estimate of drug-likeness (QED) is 0.583. The molecule has 0 aliphatic carbocycles. The lowest BCUT2D eigenvalue weighted by atomic mass is 10.1. The Kier molecular flexibility index (Phi) is 4.36. The molecule has 1 heterocycles. The summed E-state index contributed by atoms with van der Waals surface area (Å²) in [6.07, 6.45) is 1.78. The van der Waals surface area contributed by atoms with Gasteiger partial charge in [-0.2, -0.15) is 0 Å². The van der Waals surface area contributed by atoms with Crippen LogP contribution in [0.1, 0.15) is 10.4 Å². The maximum atomic E-state index is 13.1. The first-order valence-corrected chi connectivity index (χ1v) is 7.73. The van der Waals surface area contributed by atoms with E-state index in [9.17, 15) is 9.18 Å². The molecular formula is C18H16ClFN3O+. The van der Waals surface area contributed by atoms with Gasteiger partial charge in [0, 0.05) is 16.1 Å². The number of nitrogen functional groups attached to an aromatic ring is 1. The molecule has 1 aromatic heterocycles. The van der Waals surface area contributed by atoms with Crippen molar-refractivity contribution in [3.8, 4) is 11.3 Å². The molecule has 2 N–H and O–H groups in total. The van der Waals surface area contributed by atoms with Crippen molar-refractivity contribution >= 4 is 23.3 Å². The van der Waals surface area contributed by atoms with Gasteiger partial charge in [-0.15, -0.1) is 0 Å². The summed E-state index contributed by atoms with van der Waals surface area (Å²) in [6, 6.07) is 12.9. The number of Topliss-reactive ketones (excluding diaryl/α,β-unsaturated/α-hetero) is 1.